The summed E-state index contributed by atoms with van der Waals surface area (Å²) in [6, 6.07) is 0. The third kappa shape index (κ3) is 37.2. The Kier molecular flexibility index (Phi) is 22.8. The topological polar surface area (TPSA) is 179 Å². The standard InChI is InChI=1S/2CH3NO4Si.Ca.ClH.2H/c2*2-1(3)6-7(4)5;;;;/h2*4H,(H2,2,3);;1H;;/q;;+2;;2*-1. The molecular formula is C2H9CaClN2O8Si2. The fourth-order valence-electron chi connectivity index (χ4n) is 0.172. The average Bonchev–Trinajstić information content (AvgIpc) is 1.79. The van der Waals surface area contributed by atoms with E-state index in [1.165, 1.54) is 0 Å². The molecule has 0 saturated heterocycles. The van der Waals surface area contributed by atoms with Crippen molar-refractivity contribution >= 4 is 80.7 Å². The van der Waals surface area contributed by atoms with Gasteiger partial charge in [-0.3, -0.25) is 8.92 Å². The van der Waals surface area contributed by atoms with E-state index >= 15 is 0 Å². The van der Waals surface area contributed by atoms with E-state index in [-0.39, 0.29) is 53.0 Å². The number of carbonyl (C=O) groups excluding carboxylic acids is 2. The Balaban J connectivity index is -0.0000000327. The first-order valence-electron chi connectivity index (χ1n) is 2.66. The van der Waals surface area contributed by atoms with E-state index in [4.69, 9.17) is 9.59 Å². The Bertz CT molecular complexity index is 221. The summed E-state index contributed by atoms with van der Waals surface area (Å²) in [6.07, 6.45) is -2.46. The molecule has 0 saturated carbocycles. The molecule has 0 bridgehead atoms. The monoisotopic (exact) mass is 320 g/mol. The molecule has 92 valence electrons. The number of hydrogen-bond donors (Lipinski definition) is 4. The summed E-state index contributed by atoms with van der Waals surface area (Å²) in [7, 11) is -6.32. The van der Waals surface area contributed by atoms with Crippen LogP contribution in [0.5, 0.6) is 0 Å². The fraction of sp³-hybridized carbons (Fsp3) is 0. The maximum Gasteiger partial charge on any atom is 2.00 e. The van der Waals surface area contributed by atoms with Crippen LogP contribution in [0, 0.1) is 0 Å². The molecule has 0 aromatic rings. The van der Waals surface area contributed by atoms with Crippen LogP contribution in [0.1, 0.15) is 2.85 Å². The molecule has 10 nitrogen and oxygen atoms in total. The maximum absolute atomic E-state index is 9.48. The van der Waals surface area contributed by atoms with E-state index in [9.17, 15) is 18.5 Å². The normalized spacial score (nSPS) is 6.50. The van der Waals surface area contributed by atoms with Crippen molar-refractivity contribution in [2.45, 2.75) is 0 Å². The summed E-state index contributed by atoms with van der Waals surface area (Å²) in [5.41, 5.74) is 8.60. The summed E-state index contributed by atoms with van der Waals surface area (Å²) in [5, 5.41) is 0. The number of carbonyl (C=O) groups is 2. The smallest absolute Gasteiger partial charge is 1.00 e. The van der Waals surface area contributed by atoms with Gasteiger partial charge in [0.1, 0.15) is 0 Å². The molecule has 0 heterocycles. The van der Waals surface area contributed by atoms with E-state index in [2.05, 4.69) is 20.3 Å². The molecule has 16 heavy (non-hydrogen) atoms. The Hall–Kier alpha value is -0.276. The SMILES string of the molecule is Cl.NC(=O)O[Si](=O)O.NC(=O)O[Si](=O)O.[Ca+2].[H-].[H-]. The van der Waals surface area contributed by atoms with Gasteiger partial charge in [0.25, 0.3) is 0 Å². The van der Waals surface area contributed by atoms with Gasteiger partial charge < -0.3 is 32.8 Å². The van der Waals surface area contributed by atoms with E-state index in [1.54, 1.807) is 0 Å². The van der Waals surface area contributed by atoms with Crippen molar-refractivity contribution < 1.29 is 39.8 Å². The molecule has 0 fully saturated rings. The molecule has 0 radical (unpaired) electrons. The minimum absolute atomic E-state index is 0. The first-order chi connectivity index (χ1) is 6.25. The third-order valence-electron chi connectivity index (χ3n) is 0.376. The van der Waals surface area contributed by atoms with Crippen LogP contribution in [0.4, 0.5) is 9.59 Å². The van der Waals surface area contributed by atoms with E-state index in [0.717, 1.165) is 0 Å². The zero-order chi connectivity index (χ0) is 11.7. The van der Waals surface area contributed by atoms with Crippen LogP contribution < -0.4 is 11.5 Å². The van der Waals surface area contributed by atoms with Gasteiger partial charge in [-0.15, -0.1) is 12.4 Å². The Morgan fingerprint density at radius 3 is 1.19 bits per heavy atom. The van der Waals surface area contributed by atoms with Crippen molar-refractivity contribution in [2.75, 3.05) is 0 Å². The van der Waals surface area contributed by atoms with Gasteiger partial charge >= 0.3 is 68.3 Å². The van der Waals surface area contributed by atoms with Crippen LogP contribution in [0.3, 0.4) is 0 Å². The molecular weight excluding hydrogens is 312 g/mol. The maximum atomic E-state index is 9.48. The van der Waals surface area contributed by atoms with Crippen LogP contribution in [0.15, 0.2) is 0 Å². The van der Waals surface area contributed by atoms with Crippen molar-refractivity contribution in [3.05, 3.63) is 0 Å². The van der Waals surface area contributed by atoms with Crippen molar-refractivity contribution in [3.8, 4) is 0 Å². The van der Waals surface area contributed by atoms with Gasteiger partial charge in [0, 0.05) is 0 Å². The molecule has 0 aliphatic heterocycles. The summed E-state index contributed by atoms with van der Waals surface area (Å²) in [5.74, 6) is 0. The Labute approximate surface area is 131 Å². The average molecular weight is 321 g/mol. The van der Waals surface area contributed by atoms with Crippen molar-refractivity contribution in [3.63, 3.8) is 0 Å². The van der Waals surface area contributed by atoms with E-state index < -0.39 is 30.5 Å². The molecule has 0 aliphatic rings. The molecule has 2 amide bonds. The van der Waals surface area contributed by atoms with Crippen molar-refractivity contribution in [1.82, 2.24) is 0 Å². The molecule has 0 aromatic heterocycles. The summed E-state index contributed by atoms with van der Waals surface area (Å²) in [4.78, 5) is 34.4. The first-order valence-corrected chi connectivity index (χ1v) is 5.18. The quantitative estimate of drug-likeness (QED) is 0.395. The fourth-order valence-corrected chi connectivity index (χ4v) is 0.516. The van der Waals surface area contributed by atoms with Crippen LogP contribution >= 0.6 is 12.4 Å². The molecule has 0 aliphatic carbocycles. The summed E-state index contributed by atoms with van der Waals surface area (Å²) in [6.45, 7) is 0. The number of amides is 2. The van der Waals surface area contributed by atoms with Gasteiger partial charge in [0.05, 0.1) is 0 Å². The number of primary amides is 2. The second kappa shape index (κ2) is 14.7. The number of halogens is 1. The first kappa shape index (κ1) is 24.8. The molecule has 6 N–H and O–H groups in total. The van der Waals surface area contributed by atoms with Gasteiger partial charge in [-0.25, -0.2) is 9.59 Å². The molecule has 0 rings (SSSR count). The zero-order valence-electron chi connectivity index (χ0n) is 9.61. The van der Waals surface area contributed by atoms with E-state index in [0.29, 0.717) is 0 Å². The van der Waals surface area contributed by atoms with Crippen LogP contribution in [-0.4, -0.2) is 77.9 Å². The Morgan fingerprint density at radius 1 is 1.00 bits per heavy atom. The number of hydrogen-bond acceptors (Lipinski definition) is 6. The molecule has 0 spiro atoms. The van der Waals surface area contributed by atoms with Crippen molar-refractivity contribution in [2.24, 2.45) is 11.5 Å². The van der Waals surface area contributed by atoms with Crippen LogP contribution in [0.2, 0.25) is 0 Å². The molecule has 14 heteroatoms. The van der Waals surface area contributed by atoms with E-state index in [1.807, 2.05) is 0 Å². The minimum Gasteiger partial charge on any atom is -1.00 e. The third-order valence-corrected chi connectivity index (χ3v) is 1.13. The number of nitrogens with two attached hydrogens (primary N) is 2. The van der Waals surface area contributed by atoms with Gasteiger partial charge in [-0.05, 0) is 0 Å². The molecule has 0 unspecified atom stereocenters. The van der Waals surface area contributed by atoms with Gasteiger partial charge in [-0.2, -0.15) is 0 Å². The van der Waals surface area contributed by atoms with Crippen LogP contribution in [0.25, 0.3) is 0 Å². The Morgan fingerprint density at radius 2 is 1.19 bits per heavy atom. The minimum atomic E-state index is -3.16. The largest absolute Gasteiger partial charge is 2.00 e. The molecule has 0 aromatic carbocycles. The second-order valence-electron chi connectivity index (χ2n) is 1.37. The van der Waals surface area contributed by atoms with Crippen molar-refractivity contribution in [1.29, 1.82) is 0 Å². The van der Waals surface area contributed by atoms with Gasteiger partial charge in [-0.1, -0.05) is 0 Å². The predicted octanol–water partition coefficient (Wildman–Crippen LogP) is -2.76. The summed E-state index contributed by atoms with van der Waals surface area (Å²) < 4.78 is 25.9. The second-order valence-corrected chi connectivity index (χ2v) is 2.85. The zero-order valence-corrected chi connectivity index (χ0v) is 12.6. The summed E-state index contributed by atoms with van der Waals surface area (Å²) >= 11 is 0. The van der Waals surface area contributed by atoms with Gasteiger partial charge in [0.2, 0.25) is 0 Å². The predicted molar refractivity (Wildman–Crippen MR) is 53.9 cm³/mol. The number of rotatable bonds is 2. The van der Waals surface area contributed by atoms with Gasteiger partial charge in [0.15, 0.2) is 0 Å². The van der Waals surface area contributed by atoms with Crippen LogP contribution in [-0.2, 0) is 17.8 Å². The molecule has 0 atom stereocenters.